The minimum atomic E-state index is -0.0934. The molecule has 0 aliphatic heterocycles. The molecule has 2 rings (SSSR count). The molecule has 90 valence electrons. The number of halogens is 1. The van der Waals surface area contributed by atoms with Crippen molar-refractivity contribution in [2.24, 2.45) is 0 Å². The monoisotopic (exact) mass is 294 g/mol. The van der Waals surface area contributed by atoms with E-state index in [-0.39, 0.29) is 11.9 Å². The van der Waals surface area contributed by atoms with E-state index in [0.29, 0.717) is 11.3 Å². The number of hydrogen-bond acceptors (Lipinski definition) is 2. The second-order valence-electron chi connectivity index (χ2n) is 4.19. The van der Waals surface area contributed by atoms with Crippen molar-refractivity contribution in [2.75, 3.05) is 5.73 Å². The first-order chi connectivity index (χ1) is 8.16. The highest BCUT2D eigenvalue weighted by Gasteiger charge is 2.16. The predicted molar refractivity (Wildman–Crippen MR) is 72.8 cm³/mol. The topological polar surface area (TPSA) is 55.1 Å². The molecule has 1 atom stereocenters. The molecule has 4 heteroatoms. The molecule has 1 unspecified atom stereocenters. The van der Waals surface area contributed by atoms with Crippen LogP contribution < -0.4 is 11.1 Å². The number of nitrogen functional groups attached to an aromatic ring is 1. The summed E-state index contributed by atoms with van der Waals surface area (Å²) in [5.41, 5.74) is 6.85. The normalized spacial score (nSPS) is 19.0. The molecule has 3 nitrogen and oxygen atoms in total. The van der Waals surface area contributed by atoms with E-state index in [1.54, 1.807) is 12.1 Å². The number of allylic oxidation sites excluding steroid dienone is 1. The molecule has 1 aliphatic carbocycles. The van der Waals surface area contributed by atoms with Gasteiger partial charge in [-0.2, -0.15) is 0 Å². The third-order valence-corrected chi connectivity index (χ3v) is 3.36. The second-order valence-corrected chi connectivity index (χ2v) is 5.10. The first-order valence-electron chi connectivity index (χ1n) is 5.67. The van der Waals surface area contributed by atoms with Crippen molar-refractivity contribution in [3.63, 3.8) is 0 Å². The number of anilines is 1. The Morgan fingerprint density at radius 2 is 2.24 bits per heavy atom. The zero-order chi connectivity index (χ0) is 12.3. The molecule has 0 bridgehead atoms. The van der Waals surface area contributed by atoms with E-state index in [0.717, 1.165) is 23.7 Å². The number of nitrogens with one attached hydrogen (secondary N) is 1. The van der Waals surface area contributed by atoms with Crippen molar-refractivity contribution >= 4 is 27.5 Å². The highest BCUT2D eigenvalue weighted by atomic mass is 79.9. The van der Waals surface area contributed by atoms with Crippen LogP contribution in [0.15, 0.2) is 34.8 Å². The van der Waals surface area contributed by atoms with Crippen LogP contribution in [-0.2, 0) is 0 Å². The molecule has 1 aromatic carbocycles. The van der Waals surface area contributed by atoms with E-state index >= 15 is 0 Å². The summed E-state index contributed by atoms with van der Waals surface area (Å²) in [5.74, 6) is -0.0934. The molecule has 1 aliphatic rings. The second kappa shape index (κ2) is 5.36. The van der Waals surface area contributed by atoms with Gasteiger partial charge in [-0.25, -0.2) is 0 Å². The maximum atomic E-state index is 12.0. The van der Waals surface area contributed by atoms with Crippen LogP contribution in [0.5, 0.6) is 0 Å². The molecule has 0 saturated carbocycles. The Morgan fingerprint density at radius 1 is 1.41 bits per heavy atom. The quantitative estimate of drug-likeness (QED) is 0.651. The summed E-state index contributed by atoms with van der Waals surface area (Å²) in [6, 6.07) is 5.55. The van der Waals surface area contributed by atoms with Crippen LogP contribution in [0.2, 0.25) is 0 Å². The lowest BCUT2D eigenvalue weighted by molar-refractivity contribution is 0.0935. The zero-order valence-corrected chi connectivity index (χ0v) is 11.0. The number of benzene rings is 1. The molecular weight excluding hydrogens is 280 g/mol. The van der Waals surface area contributed by atoms with Gasteiger partial charge in [0.15, 0.2) is 0 Å². The van der Waals surface area contributed by atoms with Crippen LogP contribution in [0.25, 0.3) is 0 Å². The Balaban J connectivity index is 2.08. The van der Waals surface area contributed by atoms with Crippen LogP contribution in [0.1, 0.15) is 29.6 Å². The highest BCUT2D eigenvalue weighted by Crippen LogP contribution is 2.19. The lowest BCUT2D eigenvalue weighted by Gasteiger charge is -2.19. The predicted octanol–water partition coefficient (Wildman–Crippen LogP) is 2.87. The van der Waals surface area contributed by atoms with E-state index in [2.05, 4.69) is 33.4 Å². The standard InChI is InChI=1S/C13H15BrN2O/c14-9-6-7-12(15)11(8-9)13(17)16-10-4-2-1-3-5-10/h1-2,6-8,10H,3-5,15H2,(H,16,17). The zero-order valence-electron chi connectivity index (χ0n) is 9.45. The van der Waals surface area contributed by atoms with Crippen molar-refractivity contribution in [3.05, 3.63) is 40.4 Å². The van der Waals surface area contributed by atoms with Crippen molar-refractivity contribution in [1.29, 1.82) is 0 Å². The minimum Gasteiger partial charge on any atom is -0.398 e. The number of amides is 1. The molecule has 0 heterocycles. The van der Waals surface area contributed by atoms with Crippen LogP contribution in [0, 0.1) is 0 Å². The average molecular weight is 295 g/mol. The van der Waals surface area contributed by atoms with E-state index in [1.807, 2.05) is 6.07 Å². The molecule has 1 amide bonds. The van der Waals surface area contributed by atoms with Crippen LogP contribution >= 0.6 is 15.9 Å². The molecule has 3 N–H and O–H groups in total. The van der Waals surface area contributed by atoms with Crippen LogP contribution in [0.3, 0.4) is 0 Å². The molecule has 1 aromatic rings. The van der Waals surface area contributed by atoms with E-state index < -0.39 is 0 Å². The van der Waals surface area contributed by atoms with E-state index in [1.165, 1.54) is 0 Å². The molecule has 0 fully saturated rings. The summed E-state index contributed by atoms with van der Waals surface area (Å²) in [5, 5.41) is 3.01. The maximum absolute atomic E-state index is 12.0. The third-order valence-electron chi connectivity index (χ3n) is 2.86. The summed E-state index contributed by atoms with van der Waals surface area (Å²) < 4.78 is 0.861. The number of hydrogen-bond donors (Lipinski definition) is 2. The van der Waals surface area contributed by atoms with Crippen LogP contribution in [-0.4, -0.2) is 11.9 Å². The average Bonchev–Trinajstić information content (AvgIpc) is 2.33. The lowest BCUT2D eigenvalue weighted by Crippen LogP contribution is -2.35. The first kappa shape index (κ1) is 12.2. The van der Waals surface area contributed by atoms with Crippen molar-refractivity contribution in [2.45, 2.75) is 25.3 Å². The minimum absolute atomic E-state index is 0.0934. The maximum Gasteiger partial charge on any atom is 0.253 e. The Kier molecular flexibility index (Phi) is 3.84. The lowest BCUT2D eigenvalue weighted by atomic mass is 10.0. The highest BCUT2D eigenvalue weighted by molar-refractivity contribution is 9.10. The number of rotatable bonds is 2. The van der Waals surface area contributed by atoms with Gasteiger partial charge in [-0.15, -0.1) is 0 Å². The Bertz CT molecular complexity index is 457. The van der Waals surface area contributed by atoms with Crippen molar-refractivity contribution in [3.8, 4) is 0 Å². The Morgan fingerprint density at radius 3 is 2.94 bits per heavy atom. The van der Waals surface area contributed by atoms with Gasteiger partial charge in [0.2, 0.25) is 0 Å². The summed E-state index contributed by atoms with van der Waals surface area (Å²) in [6.07, 6.45) is 7.18. The van der Waals surface area contributed by atoms with Gasteiger partial charge in [0.05, 0.1) is 5.56 Å². The van der Waals surface area contributed by atoms with Gasteiger partial charge in [0.1, 0.15) is 0 Å². The van der Waals surface area contributed by atoms with Gasteiger partial charge in [0, 0.05) is 16.2 Å². The van der Waals surface area contributed by atoms with Crippen molar-refractivity contribution < 1.29 is 4.79 Å². The fraction of sp³-hybridized carbons (Fsp3) is 0.308. The fourth-order valence-electron chi connectivity index (χ4n) is 1.91. The van der Waals surface area contributed by atoms with Gasteiger partial charge in [0.25, 0.3) is 5.91 Å². The van der Waals surface area contributed by atoms with Gasteiger partial charge < -0.3 is 11.1 Å². The smallest absolute Gasteiger partial charge is 0.253 e. The molecule has 17 heavy (non-hydrogen) atoms. The SMILES string of the molecule is Nc1ccc(Br)cc1C(=O)NC1CC=CCC1. The van der Waals surface area contributed by atoms with Gasteiger partial charge in [-0.1, -0.05) is 28.1 Å². The summed E-state index contributed by atoms with van der Waals surface area (Å²) in [6.45, 7) is 0. The Labute approximate surface area is 109 Å². The summed E-state index contributed by atoms with van der Waals surface area (Å²) >= 11 is 3.34. The summed E-state index contributed by atoms with van der Waals surface area (Å²) in [4.78, 5) is 12.0. The Hall–Kier alpha value is -1.29. The van der Waals surface area contributed by atoms with E-state index in [9.17, 15) is 4.79 Å². The fourth-order valence-corrected chi connectivity index (χ4v) is 2.27. The summed E-state index contributed by atoms with van der Waals surface area (Å²) in [7, 11) is 0. The largest absolute Gasteiger partial charge is 0.398 e. The van der Waals surface area contributed by atoms with Gasteiger partial charge in [-0.3, -0.25) is 4.79 Å². The van der Waals surface area contributed by atoms with E-state index in [4.69, 9.17) is 5.73 Å². The van der Waals surface area contributed by atoms with Gasteiger partial charge in [-0.05, 0) is 37.5 Å². The first-order valence-corrected chi connectivity index (χ1v) is 6.47. The molecule has 0 saturated heterocycles. The number of carbonyl (C=O) groups is 1. The third kappa shape index (κ3) is 3.09. The van der Waals surface area contributed by atoms with Gasteiger partial charge >= 0.3 is 0 Å². The van der Waals surface area contributed by atoms with Crippen molar-refractivity contribution in [1.82, 2.24) is 5.32 Å². The molecular formula is C13H15BrN2O. The van der Waals surface area contributed by atoms with Crippen LogP contribution in [0.4, 0.5) is 5.69 Å². The molecule has 0 radical (unpaired) electrons. The number of carbonyl (C=O) groups excluding carboxylic acids is 1. The molecule has 0 spiro atoms. The molecule has 0 aromatic heterocycles. The number of nitrogens with two attached hydrogens (primary N) is 1.